The van der Waals surface area contributed by atoms with E-state index >= 15 is 0 Å². The molecule has 7 heteroatoms. The number of hydrogen-bond donors (Lipinski definition) is 2. The van der Waals surface area contributed by atoms with Crippen molar-refractivity contribution in [1.29, 1.82) is 0 Å². The number of nitrogens with one attached hydrogen (secondary N) is 2. The summed E-state index contributed by atoms with van der Waals surface area (Å²) >= 11 is 5.05. The molecule has 4 rings (SSSR count). The van der Waals surface area contributed by atoms with E-state index in [1.54, 1.807) is 0 Å². The Labute approximate surface area is 168 Å². The molecule has 0 aliphatic carbocycles. The third kappa shape index (κ3) is 4.05. The highest BCUT2D eigenvalue weighted by molar-refractivity contribution is 7.71. The third-order valence-corrected chi connectivity index (χ3v) is 5.07. The smallest absolute Gasteiger partial charge is 0.256 e. The van der Waals surface area contributed by atoms with Gasteiger partial charge in [0.25, 0.3) is 5.56 Å². The van der Waals surface area contributed by atoms with E-state index in [2.05, 4.69) is 25.9 Å². The standard InChI is InChI=1S/C21H22N4O2S/c1-2-27-16-5-3-4-15(10-16)18-7-6-14(11-22-18)12-25-9-8-19-17(13-25)20(26)24-21(28)23-19/h3-7,10-11H,2,8-9,12-13H2,1H3,(H2,23,24,26,28). The number of pyridine rings is 1. The second kappa shape index (κ2) is 8.08. The van der Waals surface area contributed by atoms with Gasteiger partial charge in [-0.05, 0) is 42.9 Å². The van der Waals surface area contributed by atoms with Crippen LogP contribution < -0.4 is 10.3 Å². The third-order valence-electron chi connectivity index (χ3n) is 4.86. The number of nitrogens with zero attached hydrogens (tertiary/aromatic N) is 2. The van der Waals surface area contributed by atoms with Crippen molar-refractivity contribution in [3.63, 3.8) is 0 Å². The molecule has 3 heterocycles. The monoisotopic (exact) mass is 394 g/mol. The molecule has 144 valence electrons. The molecule has 2 aromatic heterocycles. The summed E-state index contributed by atoms with van der Waals surface area (Å²) < 4.78 is 5.96. The molecule has 0 saturated heterocycles. The molecule has 1 aliphatic heterocycles. The van der Waals surface area contributed by atoms with Crippen LogP contribution in [0.1, 0.15) is 23.7 Å². The summed E-state index contributed by atoms with van der Waals surface area (Å²) in [6.45, 7) is 4.85. The maximum Gasteiger partial charge on any atom is 0.256 e. The Morgan fingerprint density at radius 2 is 2.14 bits per heavy atom. The summed E-state index contributed by atoms with van der Waals surface area (Å²) in [5.74, 6) is 0.849. The minimum Gasteiger partial charge on any atom is -0.494 e. The molecule has 1 aliphatic rings. The van der Waals surface area contributed by atoms with E-state index in [9.17, 15) is 4.79 Å². The molecule has 0 saturated carbocycles. The summed E-state index contributed by atoms with van der Waals surface area (Å²) in [6, 6.07) is 12.1. The highest BCUT2D eigenvalue weighted by atomic mass is 32.1. The zero-order valence-corrected chi connectivity index (χ0v) is 16.5. The Kier molecular flexibility index (Phi) is 5.36. The Morgan fingerprint density at radius 1 is 1.25 bits per heavy atom. The quantitative estimate of drug-likeness (QED) is 0.649. The predicted octanol–water partition coefficient (Wildman–Crippen LogP) is 3.45. The molecule has 1 aromatic carbocycles. The lowest BCUT2D eigenvalue weighted by Crippen LogP contribution is -2.35. The minimum atomic E-state index is -0.0916. The van der Waals surface area contributed by atoms with Crippen molar-refractivity contribution in [3.05, 3.63) is 74.5 Å². The Morgan fingerprint density at radius 3 is 2.93 bits per heavy atom. The van der Waals surface area contributed by atoms with Gasteiger partial charge in [-0.15, -0.1) is 0 Å². The second-order valence-corrected chi connectivity index (χ2v) is 7.25. The van der Waals surface area contributed by atoms with Crippen molar-refractivity contribution in [1.82, 2.24) is 19.9 Å². The van der Waals surface area contributed by atoms with Gasteiger partial charge in [-0.2, -0.15) is 0 Å². The summed E-state index contributed by atoms with van der Waals surface area (Å²) in [6.07, 6.45) is 2.69. The van der Waals surface area contributed by atoms with Gasteiger partial charge in [0.1, 0.15) is 5.75 Å². The molecular weight excluding hydrogens is 372 g/mol. The lowest BCUT2D eigenvalue weighted by atomic mass is 10.1. The maximum absolute atomic E-state index is 12.2. The van der Waals surface area contributed by atoms with Crippen LogP contribution in [0.5, 0.6) is 5.75 Å². The molecule has 0 bridgehead atoms. The molecule has 0 amide bonds. The molecular formula is C21H22N4O2S. The summed E-state index contributed by atoms with van der Waals surface area (Å²) in [7, 11) is 0. The molecule has 0 unspecified atom stereocenters. The van der Waals surface area contributed by atoms with Crippen molar-refractivity contribution < 1.29 is 4.74 Å². The number of aromatic nitrogens is 3. The van der Waals surface area contributed by atoms with Gasteiger partial charge in [-0.1, -0.05) is 18.2 Å². The van der Waals surface area contributed by atoms with Crippen molar-refractivity contribution in [2.75, 3.05) is 13.2 Å². The molecule has 0 spiro atoms. The van der Waals surface area contributed by atoms with Gasteiger partial charge in [-0.3, -0.25) is 19.7 Å². The first-order chi connectivity index (χ1) is 13.6. The van der Waals surface area contributed by atoms with E-state index in [0.717, 1.165) is 53.3 Å². The van der Waals surface area contributed by atoms with E-state index in [1.165, 1.54) is 0 Å². The van der Waals surface area contributed by atoms with Crippen LogP contribution in [-0.4, -0.2) is 33.0 Å². The van der Waals surface area contributed by atoms with Crippen molar-refractivity contribution >= 4 is 12.2 Å². The van der Waals surface area contributed by atoms with Crippen LogP contribution in [-0.2, 0) is 19.5 Å². The molecule has 28 heavy (non-hydrogen) atoms. The maximum atomic E-state index is 12.2. The van der Waals surface area contributed by atoms with Gasteiger partial charge in [-0.25, -0.2) is 0 Å². The zero-order valence-electron chi connectivity index (χ0n) is 15.7. The number of rotatable bonds is 5. The molecule has 0 atom stereocenters. The van der Waals surface area contributed by atoms with Gasteiger partial charge < -0.3 is 9.72 Å². The lowest BCUT2D eigenvalue weighted by Gasteiger charge is -2.27. The highest BCUT2D eigenvalue weighted by Gasteiger charge is 2.19. The Hall–Kier alpha value is -2.77. The lowest BCUT2D eigenvalue weighted by molar-refractivity contribution is 0.241. The number of fused-ring (bicyclic) bond motifs is 1. The van der Waals surface area contributed by atoms with Crippen LogP contribution in [0, 0.1) is 4.77 Å². The van der Waals surface area contributed by atoms with E-state index in [0.29, 0.717) is 17.9 Å². The van der Waals surface area contributed by atoms with E-state index < -0.39 is 0 Å². The van der Waals surface area contributed by atoms with Crippen LogP contribution in [0.4, 0.5) is 0 Å². The molecule has 2 N–H and O–H groups in total. The molecule has 6 nitrogen and oxygen atoms in total. The number of H-pyrrole nitrogens is 2. The number of hydrogen-bond acceptors (Lipinski definition) is 5. The van der Waals surface area contributed by atoms with Gasteiger partial charge in [0.05, 0.1) is 17.9 Å². The fourth-order valence-electron chi connectivity index (χ4n) is 3.51. The summed E-state index contributed by atoms with van der Waals surface area (Å²) in [5, 5.41) is 0. The highest BCUT2D eigenvalue weighted by Crippen LogP contribution is 2.23. The van der Waals surface area contributed by atoms with E-state index in [-0.39, 0.29) is 5.56 Å². The average molecular weight is 395 g/mol. The number of aromatic amines is 2. The van der Waals surface area contributed by atoms with Gasteiger partial charge in [0, 0.05) is 43.5 Å². The SMILES string of the molecule is CCOc1cccc(-c2ccc(CN3CCc4[nH]c(=S)[nH]c(=O)c4C3)cn2)c1. The van der Waals surface area contributed by atoms with E-state index in [1.807, 2.05) is 43.5 Å². The van der Waals surface area contributed by atoms with Crippen LogP contribution in [0.15, 0.2) is 47.4 Å². The van der Waals surface area contributed by atoms with Crippen LogP contribution in [0.3, 0.4) is 0 Å². The summed E-state index contributed by atoms with van der Waals surface area (Å²) in [5.41, 5.74) is 4.70. The first-order valence-corrected chi connectivity index (χ1v) is 9.78. The van der Waals surface area contributed by atoms with Crippen LogP contribution >= 0.6 is 12.2 Å². The first-order valence-electron chi connectivity index (χ1n) is 9.37. The average Bonchev–Trinajstić information content (AvgIpc) is 2.69. The van der Waals surface area contributed by atoms with E-state index in [4.69, 9.17) is 17.0 Å². The largest absolute Gasteiger partial charge is 0.494 e. The predicted molar refractivity (Wildman–Crippen MR) is 111 cm³/mol. The molecule has 3 aromatic rings. The summed E-state index contributed by atoms with van der Waals surface area (Å²) in [4.78, 5) is 24.8. The van der Waals surface area contributed by atoms with Crippen LogP contribution in [0.25, 0.3) is 11.3 Å². The zero-order chi connectivity index (χ0) is 19.5. The van der Waals surface area contributed by atoms with Gasteiger partial charge >= 0.3 is 0 Å². The number of ether oxygens (including phenoxy) is 1. The fourth-order valence-corrected chi connectivity index (χ4v) is 3.72. The van der Waals surface area contributed by atoms with Gasteiger partial charge in [0.2, 0.25) is 0 Å². The molecule has 0 radical (unpaired) electrons. The fraction of sp³-hybridized carbons (Fsp3) is 0.286. The molecule has 0 fully saturated rings. The first kappa shape index (κ1) is 18.6. The normalized spacial score (nSPS) is 13.9. The van der Waals surface area contributed by atoms with Crippen molar-refractivity contribution in [3.8, 4) is 17.0 Å². The van der Waals surface area contributed by atoms with Gasteiger partial charge in [0.15, 0.2) is 4.77 Å². The topological polar surface area (TPSA) is 74.0 Å². The van der Waals surface area contributed by atoms with Crippen LogP contribution in [0.2, 0.25) is 0 Å². The Bertz CT molecular complexity index is 1090. The minimum absolute atomic E-state index is 0.0916. The Balaban J connectivity index is 1.47. The van der Waals surface area contributed by atoms with Crippen molar-refractivity contribution in [2.24, 2.45) is 0 Å². The second-order valence-electron chi connectivity index (χ2n) is 6.84. The number of benzene rings is 1. The van der Waals surface area contributed by atoms with Crippen molar-refractivity contribution in [2.45, 2.75) is 26.4 Å².